The van der Waals surface area contributed by atoms with Crippen LogP contribution >= 0.6 is 11.8 Å². The summed E-state index contributed by atoms with van der Waals surface area (Å²) in [4.78, 5) is 1.45. The Balaban J connectivity index is 1.55. The van der Waals surface area contributed by atoms with E-state index in [0.29, 0.717) is 0 Å². The lowest BCUT2D eigenvalue weighted by atomic mass is 9.90. The minimum Gasteiger partial charge on any atom is -0.316 e. The maximum absolute atomic E-state index is 3.22. The van der Waals surface area contributed by atoms with Crippen LogP contribution < -0.4 is 5.32 Å². The predicted molar refractivity (Wildman–Crippen MR) is 78.9 cm³/mol. The van der Waals surface area contributed by atoms with E-state index < -0.39 is 0 Å². The molecule has 0 spiro atoms. The van der Waals surface area contributed by atoms with Gasteiger partial charge in [0.25, 0.3) is 0 Å². The van der Waals surface area contributed by atoms with Gasteiger partial charge >= 0.3 is 0 Å². The van der Waals surface area contributed by atoms with Gasteiger partial charge in [0.1, 0.15) is 0 Å². The van der Waals surface area contributed by atoms with Crippen LogP contribution in [0.3, 0.4) is 0 Å². The van der Waals surface area contributed by atoms with Crippen molar-refractivity contribution in [3.05, 3.63) is 29.8 Å². The Morgan fingerprint density at radius 1 is 1.28 bits per heavy atom. The van der Waals surface area contributed by atoms with E-state index in [1.54, 1.807) is 0 Å². The second-order valence-electron chi connectivity index (χ2n) is 5.92. The molecule has 0 saturated heterocycles. The normalized spacial score (nSPS) is 29.9. The van der Waals surface area contributed by atoms with E-state index in [1.807, 2.05) is 7.05 Å². The topological polar surface area (TPSA) is 12.0 Å². The number of thioether (sulfide) groups is 1. The zero-order chi connectivity index (χ0) is 12.4. The molecule has 1 nitrogen and oxygen atoms in total. The first-order valence-electron chi connectivity index (χ1n) is 7.21. The van der Waals surface area contributed by atoms with Gasteiger partial charge in [-0.3, -0.25) is 0 Å². The molecular formula is C16H23NS. The average molecular weight is 261 g/mol. The van der Waals surface area contributed by atoms with E-state index in [-0.39, 0.29) is 0 Å². The number of nitrogens with one attached hydrogen (secondary N) is 1. The van der Waals surface area contributed by atoms with Gasteiger partial charge in [-0.1, -0.05) is 18.6 Å². The predicted octanol–water partition coefficient (Wildman–Crippen LogP) is 3.93. The van der Waals surface area contributed by atoms with Gasteiger partial charge < -0.3 is 5.32 Å². The SMILES string of the molecule is CNCc1cccc(SCC2CC3CCC2C3)c1. The third kappa shape index (κ3) is 2.75. The molecule has 0 heterocycles. The van der Waals surface area contributed by atoms with E-state index in [4.69, 9.17) is 0 Å². The van der Waals surface area contributed by atoms with Crippen molar-refractivity contribution in [2.75, 3.05) is 12.8 Å². The smallest absolute Gasteiger partial charge is 0.0202 e. The molecule has 3 rings (SSSR count). The summed E-state index contributed by atoms with van der Waals surface area (Å²) in [6.45, 7) is 0.975. The van der Waals surface area contributed by atoms with E-state index in [0.717, 1.165) is 24.3 Å². The lowest BCUT2D eigenvalue weighted by Gasteiger charge is -2.21. The maximum Gasteiger partial charge on any atom is 0.0202 e. The summed E-state index contributed by atoms with van der Waals surface area (Å²) in [5.41, 5.74) is 1.40. The van der Waals surface area contributed by atoms with Crippen LogP contribution in [0.4, 0.5) is 0 Å². The van der Waals surface area contributed by atoms with Crippen LogP contribution in [0, 0.1) is 17.8 Å². The second kappa shape index (κ2) is 5.66. The van der Waals surface area contributed by atoms with Crippen LogP contribution in [-0.2, 0) is 6.54 Å². The van der Waals surface area contributed by atoms with Crippen LogP contribution in [0.1, 0.15) is 31.2 Å². The van der Waals surface area contributed by atoms with E-state index in [2.05, 4.69) is 41.3 Å². The van der Waals surface area contributed by atoms with Crippen LogP contribution in [0.15, 0.2) is 29.2 Å². The average Bonchev–Trinajstić information content (AvgIpc) is 2.99. The number of fused-ring (bicyclic) bond motifs is 2. The fraction of sp³-hybridized carbons (Fsp3) is 0.625. The van der Waals surface area contributed by atoms with Crippen molar-refractivity contribution in [1.82, 2.24) is 5.32 Å². The van der Waals surface area contributed by atoms with Gasteiger partial charge in [-0.25, -0.2) is 0 Å². The summed E-state index contributed by atoms with van der Waals surface area (Å²) in [7, 11) is 2.01. The Labute approximate surface area is 115 Å². The zero-order valence-electron chi connectivity index (χ0n) is 11.2. The minimum atomic E-state index is 0.975. The first-order chi connectivity index (χ1) is 8.85. The quantitative estimate of drug-likeness (QED) is 0.806. The highest BCUT2D eigenvalue weighted by molar-refractivity contribution is 7.99. The van der Waals surface area contributed by atoms with E-state index >= 15 is 0 Å². The largest absolute Gasteiger partial charge is 0.316 e. The number of hydrogen-bond acceptors (Lipinski definition) is 2. The monoisotopic (exact) mass is 261 g/mol. The third-order valence-corrected chi connectivity index (χ3v) is 5.81. The summed E-state index contributed by atoms with van der Waals surface area (Å²) in [6.07, 6.45) is 6.07. The van der Waals surface area contributed by atoms with Gasteiger partial charge in [-0.2, -0.15) is 0 Å². The molecule has 18 heavy (non-hydrogen) atoms. The molecule has 1 aromatic carbocycles. The molecule has 0 amide bonds. The second-order valence-corrected chi connectivity index (χ2v) is 7.02. The summed E-state index contributed by atoms with van der Waals surface area (Å²) in [5.74, 6) is 4.48. The number of hydrogen-bond donors (Lipinski definition) is 1. The van der Waals surface area contributed by atoms with Crippen LogP contribution in [0.2, 0.25) is 0 Å². The summed E-state index contributed by atoms with van der Waals surface area (Å²) in [5, 5.41) is 3.22. The molecule has 1 aromatic rings. The Morgan fingerprint density at radius 2 is 2.22 bits per heavy atom. The first-order valence-corrected chi connectivity index (χ1v) is 8.20. The van der Waals surface area contributed by atoms with Gasteiger partial charge in [0, 0.05) is 17.2 Å². The molecule has 0 aromatic heterocycles. The molecule has 2 fully saturated rings. The van der Waals surface area contributed by atoms with E-state index in [9.17, 15) is 0 Å². The summed E-state index contributed by atoms with van der Waals surface area (Å²) >= 11 is 2.07. The standard InChI is InChI=1S/C16H23NS/c1-17-10-13-3-2-4-16(9-13)18-11-15-8-12-5-6-14(15)7-12/h2-4,9,12,14-15,17H,5-8,10-11H2,1H3. The molecule has 2 saturated carbocycles. The molecular weight excluding hydrogens is 238 g/mol. The van der Waals surface area contributed by atoms with Gasteiger partial charge in [0.05, 0.1) is 0 Å². The molecule has 3 atom stereocenters. The van der Waals surface area contributed by atoms with Crippen molar-refractivity contribution in [3.63, 3.8) is 0 Å². The fourth-order valence-corrected chi connectivity index (χ4v) is 4.96. The first kappa shape index (κ1) is 12.6. The van der Waals surface area contributed by atoms with Gasteiger partial charge in [0.2, 0.25) is 0 Å². The van der Waals surface area contributed by atoms with Crippen LogP contribution in [0.5, 0.6) is 0 Å². The maximum atomic E-state index is 3.22. The highest BCUT2D eigenvalue weighted by atomic mass is 32.2. The molecule has 98 valence electrons. The van der Waals surface area contributed by atoms with Crippen molar-refractivity contribution in [3.8, 4) is 0 Å². The van der Waals surface area contributed by atoms with Gasteiger partial charge in [-0.05, 0) is 61.8 Å². The highest BCUT2D eigenvalue weighted by Gasteiger charge is 2.39. The molecule has 0 aliphatic heterocycles. The number of rotatable bonds is 5. The molecule has 3 unspecified atom stereocenters. The lowest BCUT2D eigenvalue weighted by Crippen LogP contribution is -2.12. The Bertz CT molecular complexity index is 404. The Kier molecular flexibility index (Phi) is 3.95. The van der Waals surface area contributed by atoms with Crippen molar-refractivity contribution >= 4 is 11.8 Å². The lowest BCUT2D eigenvalue weighted by molar-refractivity contribution is 0.365. The molecule has 2 aliphatic carbocycles. The Morgan fingerprint density at radius 3 is 2.94 bits per heavy atom. The molecule has 0 radical (unpaired) electrons. The third-order valence-electron chi connectivity index (χ3n) is 4.63. The number of benzene rings is 1. The zero-order valence-corrected chi connectivity index (χ0v) is 12.0. The van der Waals surface area contributed by atoms with Crippen molar-refractivity contribution < 1.29 is 0 Å². The molecule has 2 heteroatoms. The van der Waals surface area contributed by atoms with Gasteiger partial charge in [0.15, 0.2) is 0 Å². The summed E-state index contributed by atoms with van der Waals surface area (Å²) in [6, 6.07) is 9.00. The molecule has 2 bridgehead atoms. The van der Waals surface area contributed by atoms with Crippen LogP contribution in [-0.4, -0.2) is 12.8 Å². The van der Waals surface area contributed by atoms with E-state index in [1.165, 1.54) is 41.9 Å². The van der Waals surface area contributed by atoms with Crippen molar-refractivity contribution in [2.45, 2.75) is 37.1 Å². The van der Waals surface area contributed by atoms with Crippen molar-refractivity contribution in [2.24, 2.45) is 17.8 Å². The van der Waals surface area contributed by atoms with Crippen molar-refractivity contribution in [1.29, 1.82) is 0 Å². The highest BCUT2D eigenvalue weighted by Crippen LogP contribution is 2.49. The molecule has 1 N–H and O–H groups in total. The van der Waals surface area contributed by atoms with Crippen LogP contribution in [0.25, 0.3) is 0 Å². The fourth-order valence-electron chi connectivity index (χ4n) is 3.73. The Hall–Kier alpha value is -0.470. The minimum absolute atomic E-state index is 0.975. The van der Waals surface area contributed by atoms with Gasteiger partial charge in [-0.15, -0.1) is 11.8 Å². The summed E-state index contributed by atoms with van der Waals surface area (Å²) < 4.78 is 0. The molecule has 2 aliphatic rings.